The summed E-state index contributed by atoms with van der Waals surface area (Å²) in [5.41, 5.74) is 0. The third kappa shape index (κ3) is 3.19. The van der Waals surface area contributed by atoms with Gasteiger partial charge in [-0.3, -0.25) is 9.59 Å². The van der Waals surface area contributed by atoms with Crippen molar-refractivity contribution >= 4 is 11.9 Å². The minimum absolute atomic E-state index is 0.00518. The van der Waals surface area contributed by atoms with E-state index in [2.05, 4.69) is 4.90 Å². The standard InChI is InChI=1S/C12H20N2O3/c15-11-8-10(12(16)17)9-14(11)7-6-13-4-2-1-3-5-13/h10H,1-9H2,(H,16,17)/t10-/m1/s1. The van der Waals surface area contributed by atoms with Crippen LogP contribution < -0.4 is 0 Å². The number of amides is 1. The molecule has 5 nitrogen and oxygen atoms in total. The van der Waals surface area contributed by atoms with Gasteiger partial charge in [0.15, 0.2) is 0 Å². The molecule has 0 aliphatic carbocycles. The number of nitrogens with zero attached hydrogens (tertiary/aromatic N) is 2. The first kappa shape index (κ1) is 12.4. The van der Waals surface area contributed by atoms with Crippen LogP contribution in [0, 0.1) is 5.92 Å². The Labute approximate surface area is 101 Å². The molecule has 5 heteroatoms. The quantitative estimate of drug-likeness (QED) is 0.773. The molecule has 0 aromatic rings. The van der Waals surface area contributed by atoms with Gasteiger partial charge in [0.05, 0.1) is 5.92 Å². The van der Waals surface area contributed by atoms with Crippen molar-refractivity contribution in [1.82, 2.24) is 9.80 Å². The van der Waals surface area contributed by atoms with Crippen LogP contribution in [0.3, 0.4) is 0 Å². The van der Waals surface area contributed by atoms with Crippen molar-refractivity contribution in [2.75, 3.05) is 32.7 Å². The molecule has 2 heterocycles. The molecule has 96 valence electrons. The zero-order valence-electron chi connectivity index (χ0n) is 10.1. The fourth-order valence-electron chi connectivity index (χ4n) is 2.60. The highest BCUT2D eigenvalue weighted by molar-refractivity contribution is 5.86. The van der Waals surface area contributed by atoms with Crippen molar-refractivity contribution in [2.45, 2.75) is 25.7 Å². The average Bonchev–Trinajstić information content (AvgIpc) is 2.70. The van der Waals surface area contributed by atoms with Crippen LogP contribution in [0.1, 0.15) is 25.7 Å². The molecule has 0 aromatic carbocycles. The maximum Gasteiger partial charge on any atom is 0.308 e. The number of carboxylic acid groups (broad SMARTS) is 1. The van der Waals surface area contributed by atoms with Crippen LogP contribution in [-0.4, -0.2) is 59.5 Å². The van der Waals surface area contributed by atoms with E-state index in [1.165, 1.54) is 19.3 Å². The topological polar surface area (TPSA) is 60.9 Å². The van der Waals surface area contributed by atoms with Gasteiger partial charge in [0, 0.05) is 26.1 Å². The van der Waals surface area contributed by atoms with Gasteiger partial charge in [-0.15, -0.1) is 0 Å². The fraction of sp³-hybridized carbons (Fsp3) is 0.833. The Kier molecular flexibility index (Phi) is 3.99. The molecule has 2 saturated heterocycles. The summed E-state index contributed by atoms with van der Waals surface area (Å²) < 4.78 is 0. The summed E-state index contributed by atoms with van der Waals surface area (Å²) in [7, 11) is 0. The number of aliphatic carboxylic acids is 1. The Hall–Kier alpha value is -1.10. The number of carboxylic acids is 1. The normalized spacial score (nSPS) is 26.5. The summed E-state index contributed by atoms with van der Waals surface area (Å²) >= 11 is 0. The van der Waals surface area contributed by atoms with Crippen LogP contribution in [0.25, 0.3) is 0 Å². The lowest BCUT2D eigenvalue weighted by molar-refractivity contribution is -0.141. The van der Waals surface area contributed by atoms with Crippen LogP contribution in [0.5, 0.6) is 0 Å². The number of carbonyl (C=O) groups is 2. The van der Waals surface area contributed by atoms with Gasteiger partial charge in [0.1, 0.15) is 0 Å². The Morgan fingerprint density at radius 1 is 1.24 bits per heavy atom. The lowest BCUT2D eigenvalue weighted by atomic mass is 10.1. The van der Waals surface area contributed by atoms with Crippen LogP contribution in [0.15, 0.2) is 0 Å². The van der Waals surface area contributed by atoms with Gasteiger partial charge in [0.2, 0.25) is 5.91 Å². The molecular formula is C12H20N2O3. The van der Waals surface area contributed by atoms with E-state index in [-0.39, 0.29) is 12.3 Å². The van der Waals surface area contributed by atoms with Crippen molar-refractivity contribution in [2.24, 2.45) is 5.92 Å². The highest BCUT2D eigenvalue weighted by Gasteiger charge is 2.34. The predicted molar refractivity (Wildman–Crippen MR) is 62.6 cm³/mol. The van der Waals surface area contributed by atoms with E-state index >= 15 is 0 Å². The van der Waals surface area contributed by atoms with Gasteiger partial charge < -0.3 is 14.9 Å². The molecule has 0 unspecified atom stereocenters. The summed E-state index contributed by atoms with van der Waals surface area (Å²) in [6.45, 7) is 4.19. The highest BCUT2D eigenvalue weighted by atomic mass is 16.4. The highest BCUT2D eigenvalue weighted by Crippen LogP contribution is 2.18. The second-order valence-electron chi connectivity index (χ2n) is 4.98. The molecule has 1 amide bonds. The lowest BCUT2D eigenvalue weighted by Gasteiger charge is -2.28. The Bertz CT molecular complexity index is 300. The Morgan fingerprint density at radius 2 is 1.94 bits per heavy atom. The maximum atomic E-state index is 11.6. The van der Waals surface area contributed by atoms with Crippen LogP contribution in [0.4, 0.5) is 0 Å². The largest absolute Gasteiger partial charge is 0.481 e. The van der Waals surface area contributed by atoms with E-state index in [1.807, 2.05) is 0 Å². The van der Waals surface area contributed by atoms with E-state index in [4.69, 9.17) is 5.11 Å². The molecule has 0 radical (unpaired) electrons. The van der Waals surface area contributed by atoms with E-state index < -0.39 is 11.9 Å². The van der Waals surface area contributed by atoms with E-state index in [9.17, 15) is 9.59 Å². The SMILES string of the molecule is O=C(O)[C@@H]1CC(=O)N(CCN2CCCCC2)C1. The van der Waals surface area contributed by atoms with Crippen LogP contribution >= 0.6 is 0 Å². The number of likely N-dealkylation sites (tertiary alicyclic amines) is 2. The first-order valence-corrected chi connectivity index (χ1v) is 6.40. The third-order valence-corrected chi connectivity index (χ3v) is 3.70. The van der Waals surface area contributed by atoms with Gasteiger partial charge in [-0.2, -0.15) is 0 Å². The molecule has 17 heavy (non-hydrogen) atoms. The van der Waals surface area contributed by atoms with Crippen LogP contribution in [-0.2, 0) is 9.59 Å². The molecular weight excluding hydrogens is 220 g/mol. The van der Waals surface area contributed by atoms with Crippen molar-refractivity contribution in [3.63, 3.8) is 0 Å². The number of carbonyl (C=O) groups excluding carboxylic acids is 1. The van der Waals surface area contributed by atoms with Crippen molar-refractivity contribution < 1.29 is 14.7 Å². The average molecular weight is 240 g/mol. The number of piperidine rings is 1. The molecule has 0 bridgehead atoms. The van der Waals surface area contributed by atoms with Gasteiger partial charge in [-0.25, -0.2) is 0 Å². The molecule has 0 aromatic heterocycles. The molecule has 1 N–H and O–H groups in total. The molecule has 2 rings (SSSR count). The second-order valence-corrected chi connectivity index (χ2v) is 4.98. The molecule has 2 fully saturated rings. The summed E-state index contributed by atoms with van der Waals surface area (Å²) in [5.74, 6) is -1.35. The molecule has 0 saturated carbocycles. The Morgan fingerprint density at radius 3 is 2.53 bits per heavy atom. The number of hydrogen-bond donors (Lipinski definition) is 1. The van der Waals surface area contributed by atoms with E-state index in [0.717, 1.165) is 19.6 Å². The van der Waals surface area contributed by atoms with Crippen LogP contribution in [0.2, 0.25) is 0 Å². The van der Waals surface area contributed by atoms with Gasteiger partial charge in [-0.1, -0.05) is 6.42 Å². The third-order valence-electron chi connectivity index (χ3n) is 3.70. The summed E-state index contributed by atoms with van der Waals surface area (Å²) in [5, 5.41) is 8.88. The monoisotopic (exact) mass is 240 g/mol. The maximum absolute atomic E-state index is 11.6. The number of hydrogen-bond acceptors (Lipinski definition) is 3. The molecule has 2 aliphatic heterocycles. The summed E-state index contributed by atoms with van der Waals surface area (Å²) in [4.78, 5) is 26.5. The van der Waals surface area contributed by atoms with Crippen molar-refractivity contribution in [3.05, 3.63) is 0 Å². The minimum Gasteiger partial charge on any atom is -0.481 e. The fourth-order valence-corrected chi connectivity index (χ4v) is 2.60. The number of rotatable bonds is 4. The smallest absolute Gasteiger partial charge is 0.308 e. The minimum atomic E-state index is -0.848. The van der Waals surface area contributed by atoms with E-state index in [1.54, 1.807) is 4.90 Å². The second kappa shape index (κ2) is 5.49. The predicted octanol–water partition coefficient (Wildman–Crippen LogP) is 0.405. The first-order chi connectivity index (χ1) is 8.16. The molecule has 0 spiro atoms. The zero-order chi connectivity index (χ0) is 12.3. The first-order valence-electron chi connectivity index (χ1n) is 6.40. The van der Waals surface area contributed by atoms with Crippen molar-refractivity contribution in [3.8, 4) is 0 Å². The van der Waals surface area contributed by atoms with E-state index in [0.29, 0.717) is 13.1 Å². The lowest BCUT2D eigenvalue weighted by Crippen LogP contribution is -2.38. The van der Waals surface area contributed by atoms with Gasteiger partial charge >= 0.3 is 5.97 Å². The summed E-state index contributed by atoms with van der Waals surface area (Å²) in [6.07, 6.45) is 3.97. The summed E-state index contributed by atoms with van der Waals surface area (Å²) in [6, 6.07) is 0. The zero-order valence-corrected chi connectivity index (χ0v) is 10.1. The Balaban J connectivity index is 1.75. The molecule has 1 atom stereocenters. The van der Waals surface area contributed by atoms with Gasteiger partial charge in [-0.05, 0) is 25.9 Å². The van der Waals surface area contributed by atoms with Crippen molar-refractivity contribution in [1.29, 1.82) is 0 Å². The van der Waals surface area contributed by atoms with Gasteiger partial charge in [0.25, 0.3) is 0 Å². The molecule has 2 aliphatic rings.